The minimum Gasteiger partial charge on any atom is -0.481 e. The summed E-state index contributed by atoms with van der Waals surface area (Å²) in [5.74, 6) is -3.85. The smallest absolute Gasteiger partial charge is 0.472 e. The number of carboxylic acids is 1. The van der Waals surface area contributed by atoms with Crippen LogP contribution in [0, 0.1) is 0 Å². The number of amides is 1. The second-order valence-electron chi connectivity index (χ2n) is 31.5. The molecule has 7 saturated heterocycles. The second-order valence-corrected chi connectivity index (χ2v) is 37.2. The van der Waals surface area contributed by atoms with Gasteiger partial charge >= 0.3 is 49.2 Å². The first-order chi connectivity index (χ1) is 64.4. The van der Waals surface area contributed by atoms with Gasteiger partial charge in [0.15, 0.2) is 69.6 Å². The van der Waals surface area contributed by atoms with E-state index in [9.17, 15) is 86.4 Å². The van der Waals surface area contributed by atoms with Gasteiger partial charge in [-0.3, -0.25) is 113 Å². The van der Waals surface area contributed by atoms with Crippen LogP contribution in [0.5, 0.6) is 0 Å². The van der Waals surface area contributed by atoms with Crippen LogP contribution in [0.25, 0.3) is 44.7 Å². The van der Waals surface area contributed by atoms with Crippen molar-refractivity contribution in [2.75, 3.05) is 128 Å². The number of carbonyl (C=O) groups excluding carboxylic acids is 3. The number of fused-ring (bicyclic) bond motifs is 8. The molecule has 0 saturated carbocycles. The van der Waals surface area contributed by atoms with Crippen LogP contribution < -0.4 is 75.8 Å². The monoisotopic (exact) mass is 2010 g/mol. The van der Waals surface area contributed by atoms with Gasteiger partial charge in [0.2, 0.25) is 29.7 Å². The highest BCUT2D eigenvalue weighted by Gasteiger charge is 2.57. The molecule has 0 aliphatic carbocycles. The molecule has 0 spiro atoms. The number of imidazole rings is 4. The molecule has 0 aromatic carbocycles. The number of H-pyrrole nitrogens is 4. The fourth-order valence-corrected chi connectivity index (χ4v) is 19.2. The predicted molar refractivity (Wildman–Crippen MR) is 477 cm³/mol. The molecular formula is C74H126N26O32P4+4. The maximum absolute atomic E-state index is 13.5. The number of aliphatic carboxylic acids is 1. The fourth-order valence-electron chi connectivity index (χ4n) is 15.3. The Bertz CT molecular complexity index is 5560. The lowest BCUT2D eigenvalue weighted by Gasteiger charge is -2.29. The molecule has 760 valence electrons. The molecule has 26 N–H and O–H groups in total. The first kappa shape index (κ1) is 110. The summed E-state index contributed by atoms with van der Waals surface area (Å²) in [5.41, 5.74) is 25.1. The van der Waals surface area contributed by atoms with Crippen molar-refractivity contribution >= 4 is 124 Å². The summed E-state index contributed by atoms with van der Waals surface area (Å²) >= 11 is 0. The van der Waals surface area contributed by atoms with E-state index in [1.165, 1.54) is 89.4 Å². The Morgan fingerprint density at radius 2 is 0.684 bits per heavy atom. The van der Waals surface area contributed by atoms with Gasteiger partial charge in [-0.1, -0.05) is 0 Å². The third-order valence-electron chi connectivity index (χ3n) is 23.0. The number of carboxylic acid groups (broad SMARTS) is 1. The van der Waals surface area contributed by atoms with E-state index in [2.05, 4.69) is 153 Å². The van der Waals surface area contributed by atoms with E-state index < -0.39 is 190 Å². The maximum Gasteiger partial charge on any atom is 0.472 e. The highest BCUT2D eigenvalue weighted by molar-refractivity contribution is 7.48. The van der Waals surface area contributed by atoms with Crippen molar-refractivity contribution in [3.63, 3.8) is 0 Å². The average Bonchev–Trinajstić information content (AvgIpc) is 1.61. The van der Waals surface area contributed by atoms with Gasteiger partial charge in [0.1, 0.15) is 67.1 Å². The van der Waals surface area contributed by atoms with E-state index in [-0.39, 0.29) is 99.6 Å². The van der Waals surface area contributed by atoms with Crippen LogP contribution in [0.3, 0.4) is 0 Å². The number of anilines is 4. The van der Waals surface area contributed by atoms with E-state index in [4.69, 9.17) is 88.9 Å². The quantitative estimate of drug-likeness (QED) is 0.0181. The standard InChI is InChI=1S/C25H31N11O16P2.C20H25N11O13P2.4C6H15N.C5H6O3/c26-24-31-18-13(20(41)33-24)28-6-35(18)22-12(30-10(37)2-1-3-11(38)39)16-8(49-22)4-47-54(45,46)52-17-9(5-48-53(43,44)51-16)50-23(15(17)40)36-7-29-14-19(36)32-25(27)34-21(14)42;21-7-11-5(41-17(7)30-3-24-8-13(30)26-19(22)28-15(8)33)1-39-46(37,38)44-12-6(2-40-45(35,36)43-11)42-18(10(12)32)31-4-25-9-14(31)27-20(23)29-16(9)34;4*1-4-7(5-2)6-3;6-4-2-1-3-5(7)8-4/h6-9,12,15-17,22-23,40H,1-5H2,(H,30,37)(H,38,39)(H,43,44)(H,45,46)(H3,26,31,33,41)(H3,27,32,34,42);3-7,10-12,17-18,32H,1-2,21H2,(H,35,36)(H,37,38)(H3,22,26,28,33)(H3,23,27,29,34);4*4-6H2,1-3H3;1-3H2/p+4/t8-,9-,12?,15+,16+,17?,22-,23-;5-,6-,7?,10+,11+,12?,17-,18-;;;;;/m11...../s1. The van der Waals surface area contributed by atoms with E-state index in [1.54, 1.807) is 19.6 Å². The van der Waals surface area contributed by atoms with E-state index in [1.807, 2.05) is 0 Å². The topological polar surface area (TPSA) is 812 Å². The molecule has 15 heterocycles. The zero-order chi connectivity index (χ0) is 100. The first-order valence-corrected chi connectivity index (χ1v) is 50.2. The fraction of sp³-hybridized carbons (Fsp3) is 0.676. The predicted octanol–water partition coefficient (Wildman–Crippen LogP) is -5.79. The number of hydrogen-bond donors (Lipinski definition) is 21. The van der Waals surface area contributed by atoms with Crippen molar-refractivity contribution in [3.8, 4) is 0 Å². The van der Waals surface area contributed by atoms with Crippen LogP contribution >= 0.6 is 31.3 Å². The molecule has 8 unspecified atom stereocenters. The summed E-state index contributed by atoms with van der Waals surface area (Å²) in [7, 11) is -20.5. The average molecular weight is 2020 g/mol. The van der Waals surface area contributed by atoms with Crippen LogP contribution in [0.2, 0.25) is 0 Å². The SMILES string of the molecule is CC[NH+](CC)CC.CC[NH+](CC)CC.CC[NH+](CC)CC.CC[NH+](CC)CC.Nc1nc2c(ncn2[C@@H]2O[C@@H]3COP(=O)(O)OC4[C@@H](COP(=O)(O)O[C@@H]3C2N)O[C@@H](n2cnc3c(=O)[nH]c(N)nc32)[C@H]4O)c(=O)[nH]1.Nc1nc2c(ncn2[C@@H]2O[C@@H]3COP(=O)(O)OC4[C@@H](COP(=O)(O)O[C@@H]3C2NC(=O)CCCC(=O)O)O[C@@H](n2cnc3c(=O)[nH]c(N)nc32)[C@H]4O)c(=O)[nH]1.O=C1CCCC(=O)O1. The number of nitrogens with one attached hydrogen (secondary N) is 9. The molecule has 20 atom stereocenters. The molecule has 0 radical (unpaired) electrons. The molecule has 1 amide bonds. The summed E-state index contributed by atoms with van der Waals surface area (Å²) < 4.78 is 128. The van der Waals surface area contributed by atoms with Crippen molar-refractivity contribution in [1.29, 1.82) is 0 Å². The van der Waals surface area contributed by atoms with E-state index >= 15 is 0 Å². The number of aromatic amines is 4. The molecule has 8 aromatic rings. The number of nitrogen functional groups attached to an aromatic ring is 4. The van der Waals surface area contributed by atoms with Gasteiger partial charge in [0, 0.05) is 25.7 Å². The third-order valence-corrected chi connectivity index (χ3v) is 26.9. The highest BCUT2D eigenvalue weighted by atomic mass is 31.2. The number of nitrogens with zero attached hydrogens (tertiary/aromatic N) is 12. The largest absolute Gasteiger partial charge is 0.481 e. The lowest BCUT2D eigenvalue weighted by Crippen LogP contribution is -3.11. The molecule has 136 heavy (non-hydrogen) atoms. The molecule has 7 aliphatic rings. The zero-order valence-electron chi connectivity index (χ0n) is 77.0. The number of ether oxygens (including phenoxy) is 5. The molecule has 7 aliphatic heterocycles. The van der Waals surface area contributed by atoms with Gasteiger partial charge in [-0.2, -0.15) is 19.9 Å². The van der Waals surface area contributed by atoms with Crippen LogP contribution in [-0.4, -0.2) is 315 Å². The summed E-state index contributed by atoms with van der Waals surface area (Å²) in [6.45, 7) is 38.5. The number of aromatic nitrogens is 16. The normalized spacial score (nSPS) is 29.1. The Morgan fingerprint density at radius 3 is 0.971 bits per heavy atom. The van der Waals surface area contributed by atoms with Crippen LogP contribution in [0.4, 0.5) is 23.8 Å². The van der Waals surface area contributed by atoms with Gasteiger partial charge < -0.3 is 112 Å². The number of aliphatic hydroxyl groups excluding tert-OH is 2. The Balaban J connectivity index is 0.000000224. The molecule has 7 fully saturated rings. The van der Waals surface area contributed by atoms with Crippen molar-refractivity contribution in [3.05, 3.63) is 66.7 Å². The summed E-state index contributed by atoms with van der Waals surface area (Å²) in [6.07, 6.45) is -17.1. The number of quaternary nitrogens is 4. The van der Waals surface area contributed by atoms with Gasteiger partial charge in [-0.25, -0.2) is 38.2 Å². The van der Waals surface area contributed by atoms with Crippen molar-refractivity contribution < 1.29 is 152 Å². The second kappa shape index (κ2) is 49.5. The van der Waals surface area contributed by atoms with Gasteiger partial charge in [0.05, 0.1) is 136 Å². The minimum absolute atomic E-state index is 0.0405. The van der Waals surface area contributed by atoms with Gasteiger partial charge in [0.25, 0.3) is 22.2 Å². The number of nitrogens with two attached hydrogens (primary N) is 5. The minimum atomic E-state index is -5.25. The van der Waals surface area contributed by atoms with E-state index in [0.29, 0.717) is 19.3 Å². The van der Waals surface area contributed by atoms with Crippen molar-refractivity contribution in [2.45, 2.75) is 220 Å². The number of hydrogen-bond acceptors (Lipinski definition) is 40. The van der Waals surface area contributed by atoms with Crippen LogP contribution in [-0.2, 0) is 97.3 Å². The Morgan fingerprint density at radius 1 is 0.419 bits per heavy atom. The van der Waals surface area contributed by atoms with Crippen LogP contribution in [0.15, 0.2) is 44.5 Å². The number of phosphoric ester groups is 4. The third kappa shape index (κ3) is 28.5. The number of phosphoric acid groups is 4. The van der Waals surface area contributed by atoms with E-state index in [0.717, 1.165) is 32.7 Å². The summed E-state index contributed by atoms with van der Waals surface area (Å²) in [4.78, 5) is 185. The molecule has 15 rings (SSSR count). The lowest BCUT2D eigenvalue weighted by atomic mass is 10.1. The number of rotatable bonds is 21. The first-order valence-electron chi connectivity index (χ1n) is 44.2. The zero-order valence-corrected chi connectivity index (χ0v) is 80.6. The Kier molecular flexibility index (Phi) is 40.1. The summed E-state index contributed by atoms with van der Waals surface area (Å²) in [6, 6.07) is -2.79. The molecule has 58 nitrogen and oxygen atoms in total. The number of cyclic esters (lactones) is 2. The molecule has 0 bridgehead atoms. The highest BCUT2D eigenvalue weighted by Crippen LogP contribution is 2.56. The number of carbonyl (C=O) groups is 4. The summed E-state index contributed by atoms with van der Waals surface area (Å²) in [5, 5.41) is 33.9. The van der Waals surface area contributed by atoms with Gasteiger partial charge in [-0.05, 0) is 95.9 Å². The molecule has 62 heteroatoms. The Labute approximate surface area is 775 Å². The molecular weight excluding hydrogens is 1890 g/mol. The lowest BCUT2D eigenvalue weighted by molar-refractivity contribution is -0.894. The maximum atomic E-state index is 13.5. The Hall–Kier alpha value is -9.32. The van der Waals surface area contributed by atoms with Gasteiger partial charge in [-0.15, -0.1) is 0 Å². The molecule has 8 aromatic heterocycles. The van der Waals surface area contributed by atoms with Crippen LogP contribution in [0.1, 0.15) is 147 Å². The van der Waals surface area contributed by atoms with Crippen molar-refractivity contribution in [1.82, 2.24) is 83.4 Å². The number of esters is 2. The van der Waals surface area contributed by atoms with Crippen molar-refractivity contribution in [2.24, 2.45) is 5.73 Å². The number of aliphatic hydroxyl groups is 2.